The van der Waals surface area contributed by atoms with Gasteiger partial charge in [-0.3, -0.25) is 9.59 Å². The van der Waals surface area contributed by atoms with Crippen molar-refractivity contribution < 1.29 is 9.59 Å². The van der Waals surface area contributed by atoms with E-state index in [4.69, 9.17) is 0 Å². The van der Waals surface area contributed by atoms with Crippen molar-refractivity contribution in [2.75, 3.05) is 11.1 Å². The van der Waals surface area contributed by atoms with Crippen LogP contribution in [0.2, 0.25) is 0 Å². The third-order valence-corrected chi connectivity index (χ3v) is 3.84. The average Bonchev–Trinajstić information content (AvgIpc) is 2.85. The highest BCUT2D eigenvalue weighted by Crippen LogP contribution is 2.15. The SMILES string of the molecule is CC(=O)c1ccc(NC(=O)CCSc2nncn2C)cc1. The Bertz CT molecular complexity index is 637. The van der Waals surface area contributed by atoms with Crippen LogP contribution in [0.1, 0.15) is 23.7 Å². The zero-order valence-electron chi connectivity index (χ0n) is 11.9. The van der Waals surface area contributed by atoms with Gasteiger partial charge in [0.05, 0.1) is 0 Å². The quantitative estimate of drug-likeness (QED) is 0.653. The van der Waals surface area contributed by atoms with Gasteiger partial charge in [-0.25, -0.2) is 0 Å². The minimum Gasteiger partial charge on any atom is -0.326 e. The van der Waals surface area contributed by atoms with Crippen molar-refractivity contribution in [3.05, 3.63) is 36.2 Å². The standard InChI is InChI=1S/C14H16N4O2S/c1-10(19)11-3-5-12(6-4-11)16-13(20)7-8-21-14-17-15-9-18(14)2/h3-6,9H,7-8H2,1-2H3,(H,16,20). The molecule has 1 amide bonds. The third-order valence-electron chi connectivity index (χ3n) is 2.81. The van der Waals surface area contributed by atoms with Gasteiger partial charge in [0.1, 0.15) is 6.33 Å². The molecule has 1 heterocycles. The molecule has 0 saturated carbocycles. The Morgan fingerprint density at radius 3 is 2.57 bits per heavy atom. The molecule has 6 nitrogen and oxygen atoms in total. The maximum absolute atomic E-state index is 11.8. The summed E-state index contributed by atoms with van der Waals surface area (Å²) in [7, 11) is 1.86. The molecule has 0 radical (unpaired) electrons. The van der Waals surface area contributed by atoms with E-state index in [9.17, 15) is 9.59 Å². The Hall–Kier alpha value is -2.15. The van der Waals surface area contributed by atoms with Crippen molar-refractivity contribution in [2.45, 2.75) is 18.5 Å². The number of rotatable bonds is 6. The summed E-state index contributed by atoms with van der Waals surface area (Å²) in [5.74, 6) is 0.567. The number of nitrogens with one attached hydrogen (secondary N) is 1. The normalized spacial score (nSPS) is 10.4. The fourth-order valence-electron chi connectivity index (χ4n) is 1.65. The topological polar surface area (TPSA) is 76.9 Å². The van der Waals surface area contributed by atoms with E-state index in [0.717, 1.165) is 5.16 Å². The number of hydrogen-bond acceptors (Lipinski definition) is 5. The van der Waals surface area contributed by atoms with Crippen molar-refractivity contribution in [3.63, 3.8) is 0 Å². The molecule has 1 N–H and O–H groups in total. The molecule has 0 saturated heterocycles. The molecule has 1 aromatic carbocycles. The molecule has 1 aromatic heterocycles. The highest BCUT2D eigenvalue weighted by atomic mass is 32.2. The van der Waals surface area contributed by atoms with Crippen LogP contribution in [-0.4, -0.2) is 32.2 Å². The zero-order valence-corrected chi connectivity index (χ0v) is 12.7. The summed E-state index contributed by atoms with van der Waals surface area (Å²) in [6.07, 6.45) is 2.00. The van der Waals surface area contributed by atoms with Gasteiger partial charge < -0.3 is 9.88 Å². The lowest BCUT2D eigenvalue weighted by Crippen LogP contribution is -2.12. The molecule has 0 bridgehead atoms. The number of carbonyl (C=O) groups is 2. The molecule has 21 heavy (non-hydrogen) atoms. The number of anilines is 1. The zero-order chi connectivity index (χ0) is 15.2. The fourth-order valence-corrected chi connectivity index (χ4v) is 2.48. The first-order chi connectivity index (χ1) is 10.1. The lowest BCUT2D eigenvalue weighted by atomic mass is 10.1. The molecule has 0 aliphatic carbocycles. The monoisotopic (exact) mass is 304 g/mol. The first-order valence-corrected chi connectivity index (χ1v) is 7.42. The number of ketones is 1. The van der Waals surface area contributed by atoms with E-state index >= 15 is 0 Å². The van der Waals surface area contributed by atoms with E-state index in [1.54, 1.807) is 30.6 Å². The Morgan fingerprint density at radius 1 is 1.29 bits per heavy atom. The molecular formula is C14H16N4O2S. The number of amides is 1. The smallest absolute Gasteiger partial charge is 0.225 e. The molecule has 110 valence electrons. The number of carbonyl (C=O) groups excluding carboxylic acids is 2. The number of thioether (sulfide) groups is 1. The van der Waals surface area contributed by atoms with Crippen LogP contribution >= 0.6 is 11.8 Å². The molecule has 0 atom stereocenters. The van der Waals surface area contributed by atoms with E-state index in [-0.39, 0.29) is 11.7 Å². The third kappa shape index (κ3) is 4.42. The Balaban J connectivity index is 1.79. The largest absolute Gasteiger partial charge is 0.326 e. The van der Waals surface area contributed by atoms with Crippen LogP contribution in [-0.2, 0) is 11.8 Å². The maximum Gasteiger partial charge on any atom is 0.225 e. The number of Topliss-reactive ketones (excluding diaryl/α,β-unsaturated/α-hetero) is 1. The second-order valence-corrected chi connectivity index (χ2v) is 5.57. The molecular weight excluding hydrogens is 288 g/mol. The highest BCUT2D eigenvalue weighted by Gasteiger charge is 2.06. The summed E-state index contributed by atoms with van der Waals surface area (Å²) in [6.45, 7) is 1.51. The minimum atomic E-state index is -0.0692. The molecule has 0 spiro atoms. The van der Waals surface area contributed by atoms with Crippen LogP contribution in [0.15, 0.2) is 35.7 Å². The lowest BCUT2D eigenvalue weighted by molar-refractivity contribution is -0.115. The number of nitrogens with zero attached hydrogens (tertiary/aromatic N) is 3. The summed E-state index contributed by atoms with van der Waals surface area (Å²) >= 11 is 1.48. The van der Waals surface area contributed by atoms with Crippen LogP contribution < -0.4 is 5.32 Å². The number of aryl methyl sites for hydroxylation is 1. The molecule has 7 heteroatoms. The summed E-state index contributed by atoms with van der Waals surface area (Å²) < 4.78 is 1.81. The van der Waals surface area contributed by atoms with Gasteiger partial charge in [0.15, 0.2) is 10.9 Å². The van der Waals surface area contributed by atoms with Gasteiger partial charge in [-0.2, -0.15) is 0 Å². The second-order valence-electron chi connectivity index (χ2n) is 4.50. The van der Waals surface area contributed by atoms with Crippen LogP contribution in [0.3, 0.4) is 0 Å². The van der Waals surface area contributed by atoms with E-state index in [2.05, 4.69) is 15.5 Å². The fraction of sp³-hybridized carbons (Fsp3) is 0.286. The van der Waals surface area contributed by atoms with Crippen molar-refractivity contribution in [1.82, 2.24) is 14.8 Å². The van der Waals surface area contributed by atoms with Gasteiger partial charge in [0.25, 0.3) is 0 Å². The average molecular weight is 304 g/mol. The van der Waals surface area contributed by atoms with Gasteiger partial charge in [0, 0.05) is 30.5 Å². The molecule has 0 aliphatic heterocycles. The van der Waals surface area contributed by atoms with Crippen molar-refractivity contribution in [1.29, 1.82) is 0 Å². The van der Waals surface area contributed by atoms with Gasteiger partial charge in [0.2, 0.25) is 5.91 Å². The first kappa shape index (κ1) is 15.2. The summed E-state index contributed by atoms with van der Waals surface area (Å²) in [5, 5.41) is 11.3. The summed E-state index contributed by atoms with van der Waals surface area (Å²) in [5.41, 5.74) is 1.32. The minimum absolute atomic E-state index is 0.00736. The van der Waals surface area contributed by atoms with Crippen molar-refractivity contribution in [3.8, 4) is 0 Å². The number of hydrogen-bond donors (Lipinski definition) is 1. The molecule has 2 aromatic rings. The van der Waals surface area contributed by atoms with Crippen LogP contribution in [0.4, 0.5) is 5.69 Å². The van der Waals surface area contributed by atoms with Crippen molar-refractivity contribution in [2.24, 2.45) is 7.05 Å². The molecule has 0 fully saturated rings. The van der Waals surface area contributed by atoms with Gasteiger partial charge in [-0.05, 0) is 31.2 Å². The first-order valence-electron chi connectivity index (χ1n) is 6.44. The number of benzene rings is 1. The van der Waals surface area contributed by atoms with Crippen molar-refractivity contribution >= 4 is 29.1 Å². The number of aromatic nitrogens is 3. The van der Waals surface area contributed by atoms with Gasteiger partial charge >= 0.3 is 0 Å². The van der Waals surface area contributed by atoms with E-state index < -0.39 is 0 Å². The molecule has 0 unspecified atom stereocenters. The van der Waals surface area contributed by atoms with Crippen LogP contribution in [0, 0.1) is 0 Å². The molecule has 0 aliphatic rings. The Morgan fingerprint density at radius 2 is 2.00 bits per heavy atom. The van der Waals surface area contributed by atoms with Crippen LogP contribution in [0.25, 0.3) is 0 Å². The predicted octanol–water partition coefficient (Wildman–Crippen LogP) is 2.14. The van der Waals surface area contributed by atoms with E-state index in [1.165, 1.54) is 18.7 Å². The predicted molar refractivity (Wildman–Crippen MR) is 81.4 cm³/mol. The highest BCUT2D eigenvalue weighted by molar-refractivity contribution is 7.99. The van der Waals surface area contributed by atoms with E-state index in [1.807, 2.05) is 11.6 Å². The lowest BCUT2D eigenvalue weighted by Gasteiger charge is -2.05. The van der Waals surface area contributed by atoms with Gasteiger partial charge in [-0.1, -0.05) is 11.8 Å². The van der Waals surface area contributed by atoms with E-state index in [0.29, 0.717) is 23.4 Å². The summed E-state index contributed by atoms with van der Waals surface area (Å²) in [4.78, 5) is 23.0. The Kier molecular flexibility index (Phi) is 5.10. The Labute approximate surface area is 127 Å². The maximum atomic E-state index is 11.8. The molecule has 2 rings (SSSR count). The van der Waals surface area contributed by atoms with Crippen LogP contribution in [0.5, 0.6) is 0 Å². The summed E-state index contributed by atoms with van der Waals surface area (Å²) in [6, 6.07) is 6.85. The second kappa shape index (κ2) is 7.03. The van der Waals surface area contributed by atoms with Gasteiger partial charge in [-0.15, -0.1) is 10.2 Å².